The minimum absolute atomic E-state index is 0.0701. The predicted molar refractivity (Wildman–Crippen MR) is 58.4 cm³/mol. The van der Waals surface area contributed by atoms with E-state index < -0.39 is 0 Å². The van der Waals surface area contributed by atoms with Crippen LogP contribution in [0.2, 0.25) is 0 Å². The first-order valence-electron chi connectivity index (χ1n) is 5.47. The molecule has 0 bridgehead atoms. The number of amides is 1. The number of hydrogen-bond acceptors (Lipinski definition) is 3. The molecule has 1 amide bonds. The summed E-state index contributed by atoms with van der Waals surface area (Å²) in [5, 5.41) is 2.85. The molecule has 0 aromatic heterocycles. The molecule has 1 fully saturated rings. The zero-order valence-electron chi connectivity index (χ0n) is 9.03. The van der Waals surface area contributed by atoms with E-state index in [0.717, 1.165) is 23.4 Å². The van der Waals surface area contributed by atoms with Gasteiger partial charge in [-0.25, -0.2) is 0 Å². The molecule has 2 aliphatic heterocycles. The lowest BCUT2D eigenvalue weighted by Gasteiger charge is -2.17. The van der Waals surface area contributed by atoms with E-state index in [4.69, 9.17) is 9.47 Å². The summed E-state index contributed by atoms with van der Waals surface area (Å²) < 4.78 is 10.7. The van der Waals surface area contributed by atoms with Gasteiger partial charge in [-0.15, -0.1) is 0 Å². The van der Waals surface area contributed by atoms with Gasteiger partial charge in [0.1, 0.15) is 11.9 Å². The SMILES string of the molecule is CC1OC1Oc1ccc2c(c1)NC(=O)CC2. The summed E-state index contributed by atoms with van der Waals surface area (Å²) in [7, 11) is 0. The van der Waals surface area contributed by atoms with Gasteiger partial charge in [0.15, 0.2) is 0 Å². The minimum Gasteiger partial charge on any atom is -0.462 e. The van der Waals surface area contributed by atoms with Crippen molar-refractivity contribution in [2.75, 3.05) is 5.32 Å². The van der Waals surface area contributed by atoms with Gasteiger partial charge in [0.2, 0.25) is 12.2 Å². The molecule has 1 N–H and O–H groups in total. The summed E-state index contributed by atoms with van der Waals surface area (Å²) in [6, 6.07) is 5.78. The number of epoxide rings is 1. The van der Waals surface area contributed by atoms with Gasteiger partial charge in [-0.05, 0) is 25.0 Å². The van der Waals surface area contributed by atoms with Gasteiger partial charge in [-0.1, -0.05) is 6.07 Å². The van der Waals surface area contributed by atoms with Gasteiger partial charge >= 0.3 is 0 Å². The van der Waals surface area contributed by atoms with Gasteiger partial charge in [-0.3, -0.25) is 4.79 Å². The molecule has 84 valence electrons. The number of fused-ring (bicyclic) bond motifs is 1. The van der Waals surface area contributed by atoms with Crippen molar-refractivity contribution in [2.45, 2.75) is 32.2 Å². The fourth-order valence-electron chi connectivity index (χ4n) is 1.85. The average molecular weight is 219 g/mol. The number of ether oxygens (including phenoxy) is 2. The Labute approximate surface area is 93.5 Å². The number of rotatable bonds is 2. The molecular formula is C12H13NO3. The maximum Gasteiger partial charge on any atom is 0.226 e. The van der Waals surface area contributed by atoms with Crippen LogP contribution in [-0.2, 0) is 16.0 Å². The molecule has 0 spiro atoms. The number of nitrogens with one attached hydrogen (secondary N) is 1. The molecule has 1 saturated heterocycles. The van der Waals surface area contributed by atoms with E-state index in [1.54, 1.807) is 0 Å². The lowest BCUT2D eigenvalue weighted by atomic mass is 10.0. The van der Waals surface area contributed by atoms with Crippen molar-refractivity contribution in [3.05, 3.63) is 23.8 Å². The Morgan fingerprint density at radius 2 is 2.25 bits per heavy atom. The second-order valence-electron chi connectivity index (χ2n) is 4.19. The standard InChI is InChI=1S/C12H13NO3/c1-7-12(15-7)16-9-4-2-8-3-5-11(14)13-10(8)6-9/h2,4,6-7,12H,3,5H2,1H3,(H,13,14). The molecule has 2 heterocycles. The number of benzene rings is 1. The summed E-state index contributed by atoms with van der Waals surface area (Å²) in [6.07, 6.45) is 1.41. The van der Waals surface area contributed by atoms with Crippen molar-refractivity contribution in [2.24, 2.45) is 0 Å². The minimum atomic E-state index is -0.127. The highest BCUT2D eigenvalue weighted by molar-refractivity contribution is 5.94. The third-order valence-electron chi connectivity index (χ3n) is 2.88. The van der Waals surface area contributed by atoms with Crippen molar-refractivity contribution in [3.8, 4) is 5.75 Å². The van der Waals surface area contributed by atoms with E-state index in [1.165, 1.54) is 0 Å². The Morgan fingerprint density at radius 1 is 1.44 bits per heavy atom. The second kappa shape index (κ2) is 3.49. The summed E-state index contributed by atoms with van der Waals surface area (Å²) in [4.78, 5) is 11.2. The van der Waals surface area contributed by atoms with Crippen molar-refractivity contribution >= 4 is 11.6 Å². The van der Waals surface area contributed by atoms with Crippen LogP contribution >= 0.6 is 0 Å². The molecule has 2 atom stereocenters. The highest BCUT2D eigenvalue weighted by Crippen LogP contribution is 2.30. The highest BCUT2D eigenvalue weighted by Gasteiger charge is 2.36. The molecular weight excluding hydrogens is 206 g/mol. The summed E-state index contributed by atoms with van der Waals surface area (Å²) in [6.45, 7) is 1.96. The first-order valence-corrected chi connectivity index (χ1v) is 5.47. The number of aryl methyl sites for hydroxylation is 1. The van der Waals surface area contributed by atoms with Crippen LogP contribution in [-0.4, -0.2) is 18.3 Å². The Kier molecular flexibility index (Phi) is 2.11. The molecule has 4 heteroatoms. The van der Waals surface area contributed by atoms with Crippen LogP contribution in [0.4, 0.5) is 5.69 Å². The first-order chi connectivity index (χ1) is 7.72. The molecule has 2 unspecified atom stereocenters. The predicted octanol–water partition coefficient (Wildman–Crippen LogP) is 1.69. The zero-order valence-corrected chi connectivity index (χ0v) is 9.03. The maximum atomic E-state index is 11.2. The molecule has 0 aliphatic carbocycles. The third kappa shape index (κ3) is 1.76. The summed E-state index contributed by atoms with van der Waals surface area (Å²) in [5.74, 6) is 0.816. The van der Waals surface area contributed by atoms with E-state index in [1.807, 2.05) is 25.1 Å². The van der Waals surface area contributed by atoms with E-state index in [2.05, 4.69) is 5.32 Å². The molecule has 16 heavy (non-hydrogen) atoms. The normalized spacial score (nSPS) is 26.9. The number of carbonyl (C=O) groups is 1. The van der Waals surface area contributed by atoms with Crippen LogP contribution in [0, 0.1) is 0 Å². The second-order valence-corrected chi connectivity index (χ2v) is 4.19. The molecule has 1 aromatic carbocycles. The molecule has 3 rings (SSSR count). The van der Waals surface area contributed by atoms with Crippen molar-refractivity contribution in [1.82, 2.24) is 0 Å². The van der Waals surface area contributed by atoms with Crippen molar-refractivity contribution in [3.63, 3.8) is 0 Å². The Morgan fingerprint density at radius 3 is 3.00 bits per heavy atom. The average Bonchev–Trinajstić information content (AvgIpc) is 2.93. The van der Waals surface area contributed by atoms with Crippen LogP contribution in [0.5, 0.6) is 5.75 Å². The van der Waals surface area contributed by atoms with Gasteiger partial charge in [0.05, 0.1) is 0 Å². The first kappa shape index (κ1) is 9.66. The lowest BCUT2D eigenvalue weighted by Crippen LogP contribution is -2.18. The number of hydrogen-bond donors (Lipinski definition) is 1. The van der Waals surface area contributed by atoms with E-state index in [0.29, 0.717) is 6.42 Å². The monoisotopic (exact) mass is 219 g/mol. The van der Waals surface area contributed by atoms with E-state index in [-0.39, 0.29) is 18.3 Å². The van der Waals surface area contributed by atoms with Crippen LogP contribution in [0.15, 0.2) is 18.2 Å². The summed E-state index contributed by atoms with van der Waals surface area (Å²) >= 11 is 0. The molecule has 0 radical (unpaired) electrons. The number of anilines is 1. The van der Waals surface area contributed by atoms with Gasteiger partial charge in [0, 0.05) is 18.2 Å². The zero-order chi connectivity index (χ0) is 11.1. The maximum absolute atomic E-state index is 11.2. The smallest absolute Gasteiger partial charge is 0.226 e. The van der Waals surface area contributed by atoms with Crippen LogP contribution in [0.25, 0.3) is 0 Å². The van der Waals surface area contributed by atoms with Crippen molar-refractivity contribution in [1.29, 1.82) is 0 Å². The lowest BCUT2D eigenvalue weighted by molar-refractivity contribution is -0.116. The molecule has 0 saturated carbocycles. The van der Waals surface area contributed by atoms with Gasteiger partial charge < -0.3 is 14.8 Å². The topological polar surface area (TPSA) is 50.9 Å². The summed E-state index contributed by atoms with van der Waals surface area (Å²) in [5.41, 5.74) is 2.03. The van der Waals surface area contributed by atoms with Gasteiger partial charge in [0.25, 0.3) is 0 Å². The third-order valence-corrected chi connectivity index (χ3v) is 2.88. The molecule has 1 aromatic rings. The molecule has 4 nitrogen and oxygen atoms in total. The largest absolute Gasteiger partial charge is 0.462 e. The fourth-order valence-corrected chi connectivity index (χ4v) is 1.85. The Hall–Kier alpha value is -1.55. The highest BCUT2D eigenvalue weighted by atomic mass is 16.8. The fraction of sp³-hybridized carbons (Fsp3) is 0.417. The molecule has 2 aliphatic rings. The van der Waals surface area contributed by atoms with E-state index >= 15 is 0 Å². The van der Waals surface area contributed by atoms with Crippen LogP contribution < -0.4 is 10.1 Å². The van der Waals surface area contributed by atoms with Gasteiger partial charge in [-0.2, -0.15) is 0 Å². The van der Waals surface area contributed by atoms with E-state index in [9.17, 15) is 4.79 Å². The van der Waals surface area contributed by atoms with Crippen molar-refractivity contribution < 1.29 is 14.3 Å². The van der Waals surface area contributed by atoms with Crippen LogP contribution in [0.1, 0.15) is 18.9 Å². The number of carbonyl (C=O) groups excluding carboxylic acids is 1. The Bertz CT molecular complexity index is 444. The van der Waals surface area contributed by atoms with Crippen LogP contribution in [0.3, 0.4) is 0 Å². The quantitative estimate of drug-likeness (QED) is 0.770. The Balaban J connectivity index is 1.80.